The van der Waals surface area contributed by atoms with E-state index in [0.717, 1.165) is 109 Å². The van der Waals surface area contributed by atoms with Crippen LogP contribution in [0.2, 0.25) is 0 Å². The molecule has 5 nitrogen and oxygen atoms in total. The molecular formula is C63H104O5. The van der Waals surface area contributed by atoms with Gasteiger partial charge in [-0.25, -0.2) is 0 Å². The highest BCUT2D eigenvalue weighted by Gasteiger charge is 2.17. The molecular weight excluding hydrogens is 837 g/mol. The van der Waals surface area contributed by atoms with Crippen molar-refractivity contribution in [3.8, 4) is 0 Å². The number of hydrogen-bond acceptors (Lipinski definition) is 5. The molecule has 0 heterocycles. The summed E-state index contributed by atoms with van der Waals surface area (Å²) in [7, 11) is 0. The van der Waals surface area contributed by atoms with E-state index in [1.807, 2.05) is 0 Å². The monoisotopic (exact) mass is 941 g/mol. The van der Waals surface area contributed by atoms with Crippen molar-refractivity contribution in [2.75, 3.05) is 19.8 Å². The number of rotatable bonds is 50. The lowest BCUT2D eigenvalue weighted by atomic mass is 10.0. The summed E-state index contributed by atoms with van der Waals surface area (Å²) in [5.41, 5.74) is 0. The van der Waals surface area contributed by atoms with Gasteiger partial charge in [-0.15, -0.1) is 0 Å². The van der Waals surface area contributed by atoms with Gasteiger partial charge in [0.2, 0.25) is 0 Å². The minimum absolute atomic E-state index is 0.0403. The number of allylic oxidation sites excluding steroid dienone is 20. The van der Waals surface area contributed by atoms with E-state index >= 15 is 0 Å². The lowest BCUT2D eigenvalue weighted by molar-refractivity contribution is -0.163. The molecule has 0 radical (unpaired) electrons. The predicted molar refractivity (Wildman–Crippen MR) is 297 cm³/mol. The van der Waals surface area contributed by atoms with Crippen molar-refractivity contribution in [2.45, 2.75) is 245 Å². The minimum atomic E-state index is -0.595. The first-order valence-corrected chi connectivity index (χ1v) is 28.1. The minimum Gasteiger partial charge on any atom is -0.462 e. The zero-order chi connectivity index (χ0) is 49.2. The molecule has 0 saturated heterocycles. The van der Waals surface area contributed by atoms with Gasteiger partial charge in [-0.2, -0.15) is 0 Å². The van der Waals surface area contributed by atoms with Crippen LogP contribution in [0.15, 0.2) is 122 Å². The van der Waals surface area contributed by atoms with Crippen molar-refractivity contribution in [2.24, 2.45) is 0 Å². The maximum atomic E-state index is 12.8. The second-order valence-electron chi connectivity index (χ2n) is 18.1. The fourth-order valence-electron chi connectivity index (χ4n) is 7.40. The SMILES string of the molecule is CC/C=C\C/C=C\C/C=C\C/C=C\C/C=C\C/C=C\CCCOCC(COC(=O)CCCCCCCCCCCCCCCCCCC)OC(=O)CCCC/C=C\C/C=C\C/C=C\C/C=C\CC. The predicted octanol–water partition coefficient (Wildman–Crippen LogP) is 19.3. The van der Waals surface area contributed by atoms with Crippen LogP contribution in [0, 0.1) is 0 Å². The first-order valence-electron chi connectivity index (χ1n) is 28.1. The average molecular weight is 942 g/mol. The van der Waals surface area contributed by atoms with Crippen LogP contribution >= 0.6 is 0 Å². The Bertz CT molecular complexity index is 1390. The summed E-state index contributed by atoms with van der Waals surface area (Å²) in [5, 5.41) is 0. The van der Waals surface area contributed by atoms with Crippen LogP contribution in [0.3, 0.4) is 0 Å². The molecule has 0 aromatic heterocycles. The molecule has 0 spiro atoms. The van der Waals surface area contributed by atoms with Gasteiger partial charge in [-0.3, -0.25) is 9.59 Å². The van der Waals surface area contributed by atoms with Crippen LogP contribution in [0.25, 0.3) is 0 Å². The summed E-state index contributed by atoms with van der Waals surface area (Å²) in [6.45, 7) is 7.42. The van der Waals surface area contributed by atoms with Gasteiger partial charge in [0.1, 0.15) is 6.61 Å². The molecule has 0 aliphatic heterocycles. The lowest BCUT2D eigenvalue weighted by Gasteiger charge is -2.18. The number of ether oxygens (including phenoxy) is 3. The van der Waals surface area contributed by atoms with Crippen molar-refractivity contribution in [3.05, 3.63) is 122 Å². The zero-order valence-electron chi connectivity index (χ0n) is 44.3. The first kappa shape index (κ1) is 64.3. The van der Waals surface area contributed by atoms with Gasteiger partial charge < -0.3 is 14.2 Å². The average Bonchev–Trinajstić information content (AvgIpc) is 3.34. The Morgan fingerprint density at radius 2 is 0.662 bits per heavy atom. The van der Waals surface area contributed by atoms with Gasteiger partial charge >= 0.3 is 11.9 Å². The summed E-state index contributed by atoms with van der Waals surface area (Å²) in [4.78, 5) is 25.5. The molecule has 1 atom stereocenters. The fourth-order valence-corrected chi connectivity index (χ4v) is 7.40. The molecule has 0 aromatic rings. The number of unbranched alkanes of at least 4 members (excludes halogenated alkanes) is 19. The Hall–Kier alpha value is -3.70. The quantitative estimate of drug-likeness (QED) is 0.0345. The van der Waals surface area contributed by atoms with Crippen molar-refractivity contribution in [1.82, 2.24) is 0 Å². The molecule has 0 fully saturated rings. The van der Waals surface area contributed by atoms with Crippen molar-refractivity contribution < 1.29 is 23.8 Å². The molecule has 1 unspecified atom stereocenters. The highest BCUT2D eigenvalue weighted by atomic mass is 16.6. The summed E-state index contributed by atoms with van der Waals surface area (Å²) in [5.74, 6) is -0.478. The summed E-state index contributed by atoms with van der Waals surface area (Å²) in [6, 6.07) is 0. The smallest absolute Gasteiger partial charge is 0.306 e. The van der Waals surface area contributed by atoms with Crippen LogP contribution < -0.4 is 0 Å². The lowest BCUT2D eigenvalue weighted by Crippen LogP contribution is -2.30. The molecule has 0 N–H and O–H groups in total. The molecule has 386 valence electrons. The van der Waals surface area contributed by atoms with Crippen LogP contribution in [0.1, 0.15) is 239 Å². The van der Waals surface area contributed by atoms with E-state index in [1.54, 1.807) is 0 Å². The molecule has 0 aliphatic carbocycles. The Morgan fingerprint density at radius 1 is 0.338 bits per heavy atom. The number of esters is 2. The third kappa shape index (κ3) is 54.9. The number of carbonyl (C=O) groups is 2. The van der Waals surface area contributed by atoms with E-state index in [1.165, 1.54) is 96.3 Å². The van der Waals surface area contributed by atoms with Crippen molar-refractivity contribution in [3.63, 3.8) is 0 Å². The summed E-state index contributed by atoms with van der Waals surface area (Å²) >= 11 is 0. The number of carbonyl (C=O) groups excluding carboxylic acids is 2. The maximum absolute atomic E-state index is 12.8. The van der Waals surface area contributed by atoms with E-state index in [2.05, 4.69) is 142 Å². The molecule has 0 aromatic carbocycles. The highest BCUT2D eigenvalue weighted by molar-refractivity contribution is 5.70. The maximum Gasteiger partial charge on any atom is 0.306 e. The summed E-state index contributed by atoms with van der Waals surface area (Å²) < 4.78 is 17.4. The van der Waals surface area contributed by atoms with E-state index in [0.29, 0.717) is 19.4 Å². The molecule has 0 saturated carbocycles. The van der Waals surface area contributed by atoms with E-state index < -0.39 is 6.10 Å². The van der Waals surface area contributed by atoms with Gasteiger partial charge in [-0.05, 0) is 103 Å². The van der Waals surface area contributed by atoms with Gasteiger partial charge in [0, 0.05) is 19.4 Å². The van der Waals surface area contributed by atoms with E-state index in [-0.39, 0.29) is 25.2 Å². The fraction of sp³-hybridized carbons (Fsp3) is 0.651. The van der Waals surface area contributed by atoms with Crippen LogP contribution in [0.5, 0.6) is 0 Å². The van der Waals surface area contributed by atoms with E-state index in [4.69, 9.17) is 14.2 Å². The molecule has 5 heteroatoms. The standard InChI is InChI=1S/C63H104O5/c1-4-7-10-13-16-19-22-25-28-30-31-32-34-37-40-43-46-49-52-55-58-66-59-61(68-63(65)57-54-51-48-45-42-39-35-27-24-21-18-15-12-9-6-3)60-67-62(64)56-53-50-47-44-41-38-36-33-29-26-23-20-17-14-11-8-5-2/h7,9-10,12,16,18-19,21,25,27-28,31-32,35,37,40,42,45-46,49,61H,4-6,8,11,13-15,17,20,22-24,26,29-30,33-34,36,38-39,41,43-44,47-48,50-60H2,1-3H3/b10-7-,12-9-,19-16-,21-18-,28-25-,32-31-,35-27-,40-37-,45-42-,49-46-. The third-order valence-corrected chi connectivity index (χ3v) is 11.5. The van der Waals surface area contributed by atoms with Crippen LogP contribution in [-0.2, 0) is 23.8 Å². The molecule has 0 rings (SSSR count). The second kappa shape index (κ2) is 57.6. The third-order valence-electron chi connectivity index (χ3n) is 11.5. The van der Waals surface area contributed by atoms with Gasteiger partial charge in [0.05, 0.1) is 6.61 Å². The van der Waals surface area contributed by atoms with Gasteiger partial charge in [0.25, 0.3) is 0 Å². The molecule has 0 bridgehead atoms. The Labute approximate surface area is 420 Å². The second-order valence-corrected chi connectivity index (χ2v) is 18.1. The molecule has 0 aliphatic rings. The van der Waals surface area contributed by atoms with E-state index in [9.17, 15) is 9.59 Å². The van der Waals surface area contributed by atoms with Crippen molar-refractivity contribution >= 4 is 11.9 Å². The molecule has 0 amide bonds. The largest absolute Gasteiger partial charge is 0.462 e. The van der Waals surface area contributed by atoms with Crippen LogP contribution in [-0.4, -0.2) is 37.9 Å². The Kier molecular flexibility index (Phi) is 54.5. The topological polar surface area (TPSA) is 61.8 Å². The summed E-state index contributed by atoms with van der Waals surface area (Å²) in [6.07, 6.45) is 80.9. The Morgan fingerprint density at radius 3 is 1.06 bits per heavy atom. The Balaban J connectivity index is 4.44. The van der Waals surface area contributed by atoms with Gasteiger partial charge in [0.15, 0.2) is 6.10 Å². The number of hydrogen-bond donors (Lipinski definition) is 0. The molecule has 68 heavy (non-hydrogen) atoms. The first-order chi connectivity index (χ1) is 33.6. The zero-order valence-corrected chi connectivity index (χ0v) is 44.3. The highest BCUT2D eigenvalue weighted by Crippen LogP contribution is 2.15. The van der Waals surface area contributed by atoms with Crippen molar-refractivity contribution in [1.29, 1.82) is 0 Å². The van der Waals surface area contributed by atoms with Gasteiger partial charge in [-0.1, -0.05) is 245 Å². The normalized spacial score (nSPS) is 13.2. The van der Waals surface area contributed by atoms with Crippen LogP contribution in [0.4, 0.5) is 0 Å².